The number of thiazole rings is 1. The third-order valence-corrected chi connectivity index (χ3v) is 5.09. The van der Waals surface area contributed by atoms with Gasteiger partial charge in [-0.3, -0.25) is 9.59 Å². The van der Waals surface area contributed by atoms with Crippen molar-refractivity contribution in [2.45, 2.75) is 13.0 Å². The first-order valence-corrected chi connectivity index (χ1v) is 8.94. The first-order chi connectivity index (χ1) is 11.1. The van der Waals surface area contributed by atoms with Gasteiger partial charge in [0, 0.05) is 22.9 Å². The highest BCUT2D eigenvalue weighted by Gasteiger charge is 2.34. The van der Waals surface area contributed by atoms with Gasteiger partial charge in [-0.2, -0.15) is 0 Å². The lowest BCUT2D eigenvalue weighted by atomic mass is 10.2. The van der Waals surface area contributed by atoms with Crippen LogP contribution in [0.1, 0.15) is 10.6 Å². The van der Waals surface area contributed by atoms with Crippen molar-refractivity contribution in [2.24, 2.45) is 0 Å². The molecule has 0 aromatic carbocycles. The zero-order valence-electron chi connectivity index (χ0n) is 12.4. The maximum absolute atomic E-state index is 12.4. The average Bonchev–Trinajstić information content (AvgIpc) is 3.26. The Morgan fingerprint density at radius 3 is 3.09 bits per heavy atom. The van der Waals surface area contributed by atoms with E-state index in [1.807, 2.05) is 6.92 Å². The molecule has 2 amide bonds. The molecule has 1 aliphatic heterocycles. The molecule has 0 radical (unpaired) electrons. The molecule has 1 N–H and O–H groups in total. The molecule has 1 unspecified atom stereocenters. The van der Waals surface area contributed by atoms with Crippen LogP contribution in [0.3, 0.4) is 0 Å². The molecule has 0 saturated carbocycles. The summed E-state index contributed by atoms with van der Waals surface area (Å²) in [7, 11) is 0. The number of nitrogens with zero attached hydrogens (tertiary/aromatic N) is 2. The first kappa shape index (κ1) is 15.8. The van der Waals surface area contributed by atoms with E-state index < -0.39 is 6.04 Å². The number of amides is 2. The van der Waals surface area contributed by atoms with Crippen molar-refractivity contribution < 1.29 is 14.0 Å². The summed E-state index contributed by atoms with van der Waals surface area (Å²) in [6, 6.07) is 3.03. The molecular weight excluding hydrogens is 334 g/mol. The summed E-state index contributed by atoms with van der Waals surface area (Å²) in [6.45, 7) is 1.92. The summed E-state index contributed by atoms with van der Waals surface area (Å²) in [6.07, 6.45) is 6.28. The van der Waals surface area contributed by atoms with Gasteiger partial charge in [0.15, 0.2) is 5.13 Å². The Balaban J connectivity index is 1.64. The normalized spacial score (nSPS) is 17.8. The second-order valence-electron chi connectivity index (χ2n) is 4.94. The van der Waals surface area contributed by atoms with Gasteiger partial charge in [-0.05, 0) is 25.1 Å². The van der Waals surface area contributed by atoms with E-state index in [-0.39, 0.29) is 11.8 Å². The fourth-order valence-corrected chi connectivity index (χ4v) is 3.94. The van der Waals surface area contributed by atoms with Crippen molar-refractivity contribution in [3.63, 3.8) is 0 Å². The van der Waals surface area contributed by atoms with Crippen LogP contribution in [0.2, 0.25) is 0 Å². The zero-order valence-corrected chi connectivity index (χ0v) is 14.0. The number of furan rings is 1. The lowest BCUT2D eigenvalue weighted by Crippen LogP contribution is -2.43. The summed E-state index contributed by atoms with van der Waals surface area (Å²) in [4.78, 5) is 31.4. The van der Waals surface area contributed by atoms with Crippen LogP contribution < -0.4 is 5.32 Å². The number of hydrogen-bond donors (Lipinski definition) is 1. The number of thioether (sulfide) groups is 1. The second-order valence-corrected chi connectivity index (χ2v) is 7.17. The summed E-state index contributed by atoms with van der Waals surface area (Å²) < 4.78 is 5.15. The number of carbonyl (C=O) groups is 2. The fourth-order valence-electron chi connectivity index (χ4n) is 2.11. The Morgan fingerprint density at radius 1 is 1.52 bits per heavy atom. The van der Waals surface area contributed by atoms with Gasteiger partial charge in [0.25, 0.3) is 0 Å². The van der Waals surface area contributed by atoms with Crippen LogP contribution in [0.4, 0.5) is 5.13 Å². The molecule has 0 aliphatic carbocycles. The molecule has 2 aromatic heterocycles. The molecule has 120 valence electrons. The Bertz CT molecular complexity index is 724. The van der Waals surface area contributed by atoms with E-state index in [4.69, 9.17) is 4.42 Å². The van der Waals surface area contributed by atoms with Crippen molar-refractivity contribution in [1.82, 2.24) is 9.88 Å². The van der Waals surface area contributed by atoms with Gasteiger partial charge >= 0.3 is 0 Å². The summed E-state index contributed by atoms with van der Waals surface area (Å²) in [5.41, 5.74) is 0. The first-order valence-electron chi connectivity index (χ1n) is 6.97. The zero-order chi connectivity index (χ0) is 16.2. The molecule has 0 bridgehead atoms. The van der Waals surface area contributed by atoms with E-state index in [1.165, 1.54) is 17.4 Å². The third kappa shape index (κ3) is 3.83. The number of aromatic nitrogens is 1. The number of nitrogens with one attached hydrogen (secondary N) is 1. The van der Waals surface area contributed by atoms with Crippen LogP contribution in [0.5, 0.6) is 0 Å². The molecule has 3 rings (SSSR count). The van der Waals surface area contributed by atoms with E-state index in [0.717, 1.165) is 4.88 Å². The molecule has 0 spiro atoms. The molecular formula is C15H15N3O3S2. The van der Waals surface area contributed by atoms with E-state index in [9.17, 15) is 9.59 Å². The standard InChI is InChI=1S/C15H15N3O3S2/c1-10-7-16-15(23-10)17-14(20)12-8-22-9-18(12)13(19)5-4-11-3-2-6-21-11/h2-7,12H,8-9H2,1H3,(H,16,17,20). The number of carbonyl (C=O) groups excluding carboxylic acids is 2. The van der Waals surface area contributed by atoms with Gasteiger partial charge in [0.2, 0.25) is 11.8 Å². The lowest BCUT2D eigenvalue weighted by molar-refractivity contribution is -0.132. The molecule has 8 heteroatoms. The van der Waals surface area contributed by atoms with Crippen LogP contribution in [0, 0.1) is 6.92 Å². The van der Waals surface area contributed by atoms with Crippen LogP contribution >= 0.6 is 23.1 Å². The maximum Gasteiger partial charge on any atom is 0.249 e. The highest BCUT2D eigenvalue weighted by molar-refractivity contribution is 7.99. The van der Waals surface area contributed by atoms with Gasteiger partial charge in [-0.15, -0.1) is 23.1 Å². The Hall–Kier alpha value is -2.06. The Kier molecular flexibility index (Phi) is 4.82. The highest BCUT2D eigenvalue weighted by atomic mass is 32.2. The average molecular weight is 349 g/mol. The minimum Gasteiger partial charge on any atom is -0.465 e. The molecule has 6 nitrogen and oxygen atoms in total. The summed E-state index contributed by atoms with van der Waals surface area (Å²) >= 11 is 2.97. The van der Waals surface area contributed by atoms with Crippen molar-refractivity contribution in [1.29, 1.82) is 0 Å². The molecule has 2 aromatic rings. The topological polar surface area (TPSA) is 75.4 Å². The summed E-state index contributed by atoms with van der Waals surface area (Å²) in [5.74, 6) is 1.27. The van der Waals surface area contributed by atoms with E-state index in [1.54, 1.807) is 47.3 Å². The van der Waals surface area contributed by atoms with E-state index in [2.05, 4.69) is 10.3 Å². The number of hydrogen-bond acceptors (Lipinski definition) is 6. The molecule has 3 heterocycles. The Morgan fingerprint density at radius 2 is 2.39 bits per heavy atom. The van der Waals surface area contributed by atoms with E-state index in [0.29, 0.717) is 22.5 Å². The smallest absolute Gasteiger partial charge is 0.249 e. The number of anilines is 1. The minimum absolute atomic E-state index is 0.205. The highest BCUT2D eigenvalue weighted by Crippen LogP contribution is 2.24. The Labute approximate surface area is 141 Å². The fraction of sp³-hybridized carbons (Fsp3) is 0.267. The van der Waals surface area contributed by atoms with Gasteiger partial charge in [-0.1, -0.05) is 0 Å². The lowest BCUT2D eigenvalue weighted by Gasteiger charge is -2.21. The number of rotatable bonds is 4. The van der Waals surface area contributed by atoms with Gasteiger partial charge in [0.05, 0.1) is 12.1 Å². The van der Waals surface area contributed by atoms with Crippen molar-refractivity contribution >= 4 is 46.1 Å². The monoisotopic (exact) mass is 349 g/mol. The molecule has 1 saturated heterocycles. The minimum atomic E-state index is -0.488. The molecule has 1 fully saturated rings. The SMILES string of the molecule is Cc1cnc(NC(=O)C2CSCN2C(=O)C=Cc2ccco2)s1. The second kappa shape index (κ2) is 7.01. The summed E-state index contributed by atoms with van der Waals surface area (Å²) in [5, 5.41) is 3.34. The predicted octanol–water partition coefficient (Wildman–Crippen LogP) is 2.60. The quantitative estimate of drug-likeness (QED) is 0.859. The van der Waals surface area contributed by atoms with Crippen LogP contribution in [-0.4, -0.2) is 39.4 Å². The molecule has 1 atom stereocenters. The van der Waals surface area contributed by atoms with Crippen LogP contribution in [0.25, 0.3) is 6.08 Å². The molecule has 23 heavy (non-hydrogen) atoms. The largest absolute Gasteiger partial charge is 0.465 e. The van der Waals surface area contributed by atoms with Crippen LogP contribution in [-0.2, 0) is 9.59 Å². The predicted molar refractivity (Wildman–Crippen MR) is 91.2 cm³/mol. The molecule has 1 aliphatic rings. The van der Waals surface area contributed by atoms with Crippen molar-refractivity contribution in [3.05, 3.63) is 41.3 Å². The van der Waals surface area contributed by atoms with Gasteiger partial charge in [-0.25, -0.2) is 4.98 Å². The van der Waals surface area contributed by atoms with E-state index >= 15 is 0 Å². The van der Waals surface area contributed by atoms with Crippen LogP contribution in [0.15, 0.2) is 35.1 Å². The maximum atomic E-state index is 12.4. The van der Waals surface area contributed by atoms with Crippen molar-refractivity contribution in [2.75, 3.05) is 16.9 Å². The van der Waals surface area contributed by atoms with Crippen molar-refractivity contribution in [3.8, 4) is 0 Å². The van der Waals surface area contributed by atoms with Gasteiger partial charge < -0.3 is 14.6 Å². The number of aryl methyl sites for hydroxylation is 1. The third-order valence-electron chi connectivity index (χ3n) is 3.25. The van der Waals surface area contributed by atoms with Gasteiger partial charge in [0.1, 0.15) is 11.8 Å².